The second-order valence-electron chi connectivity index (χ2n) is 4.20. The van der Waals surface area contributed by atoms with Gasteiger partial charge in [-0.2, -0.15) is 5.10 Å². The summed E-state index contributed by atoms with van der Waals surface area (Å²) in [6, 6.07) is 19.2. The molecule has 106 valence electrons. The lowest BCUT2D eigenvalue weighted by Gasteiger charge is -2.04. The molecule has 0 bridgehead atoms. The number of hydrazone groups is 1. The third kappa shape index (κ3) is 4.62. The van der Waals surface area contributed by atoms with Gasteiger partial charge < -0.3 is 4.74 Å². The van der Waals surface area contributed by atoms with Crippen LogP contribution in [0.5, 0.6) is 0 Å². The zero-order chi connectivity index (χ0) is 14.9. The fourth-order valence-electron chi connectivity index (χ4n) is 1.66. The summed E-state index contributed by atoms with van der Waals surface area (Å²) >= 11 is 0. The first-order valence-corrected chi connectivity index (χ1v) is 6.50. The van der Waals surface area contributed by atoms with Crippen LogP contribution in [0, 0.1) is 0 Å². The molecule has 2 aromatic carbocycles. The maximum atomic E-state index is 11.2. The first-order chi connectivity index (χ1) is 10.3. The summed E-state index contributed by atoms with van der Waals surface area (Å²) in [7, 11) is 1.34. The molecule has 0 atom stereocenters. The number of methoxy groups -OCH3 is 1. The van der Waals surface area contributed by atoms with Gasteiger partial charge in [0.1, 0.15) is 0 Å². The number of rotatable bonds is 5. The lowest BCUT2D eigenvalue weighted by atomic mass is 10.1. The van der Waals surface area contributed by atoms with Crippen LogP contribution in [0.25, 0.3) is 0 Å². The first-order valence-electron chi connectivity index (χ1n) is 6.50. The summed E-state index contributed by atoms with van der Waals surface area (Å²) in [5.74, 6) is -0.418. The Morgan fingerprint density at radius 3 is 2.24 bits per heavy atom. The Bertz CT molecular complexity index is 634. The largest absolute Gasteiger partial charge is 0.466 e. The molecule has 0 spiro atoms. The molecule has 0 radical (unpaired) electrons. The van der Waals surface area contributed by atoms with Crippen molar-refractivity contribution in [2.75, 3.05) is 12.5 Å². The summed E-state index contributed by atoms with van der Waals surface area (Å²) < 4.78 is 4.60. The van der Waals surface area contributed by atoms with E-state index in [1.54, 1.807) is 6.08 Å². The average Bonchev–Trinajstić information content (AvgIpc) is 2.56. The fourth-order valence-corrected chi connectivity index (χ4v) is 1.66. The van der Waals surface area contributed by atoms with Crippen molar-refractivity contribution in [2.45, 2.75) is 0 Å². The minimum Gasteiger partial charge on any atom is -0.466 e. The van der Waals surface area contributed by atoms with Gasteiger partial charge in [0.15, 0.2) is 0 Å². The number of allylic oxidation sites excluding steroid dienone is 1. The molecule has 2 aromatic rings. The monoisotopic (exact) mass is 280 g/mol. The summed E-state index contributed by atoms with van der Waals surface area (Å²) in [6.07, 6.45) is 2.97. The smallest absolute Gasteiger partial charge is 0.330 e. The van der Waals surface area contributed by atoms with Crippen molar-refractivity contribution < 1.29 is 9.53 Å². The molecule has 0 aromatic heterocycles. The van der Waals surface area contributed by atoms with Crippen molar-refractivity contribution in [2.24, 2.45) is 5.10 Å². The Balaban J connectivity index is 2.23. The number of hydrogen-bond acceptors (Lipinski definition) is 4. The van der Waals surface area contributed by atoms with Gasteiger partial charge >= 0.3 is 5.97 Å². The molecule has 0 amide bonds. The maximum absolute atomic E-state index is 11.2. The van der Waals surface area contributed by atoms with E-state index in [-0.39, 0.29) is 0 Å². The van der Waals surface area contributed by atoms with Crippen LogP contribution in [0.3, 0.4) is 0 Å². The molecule has 0 saturated carbocycles. The molecular formula is C17H16N2O2. The van der Waals surface area contributed by atoms with E-state index in [9.17, 15) is 4.79 Å². The van der Waals surface area contributed by atoms with Crippen LogP contribution in [0.1, 0.15) is 5.56 Å². The number of carbonyl (C=O) groups is 1. The zero-order valence-electron chi connectivity index (χ0n) is 11.7. The highest BCUT2D eigenvalue weighted by molar-refractivity contribution is 6.10. The van der Waals surface area contributed by atoms with Gasteiger partial charge in [0.2, 0.25) is 0 Å². The second kappa shape index (κ2) is 7.65. The molecule has 0 saturated heterocycles. The minimum absolute atomic E-state index is 0.418. The number of benzene rings is 2. The molecule has 4 heteroatoms. The highest BCUT2D eigenvalue weighted by Gasteiger charge is 2.01. The summed E-state index contributed by atoms with van der Waals surface area (Å²) in [5, 5.41) is 4.34. The topological polar surface area (TPSA) is 50.7 Å². The first kappa shape index (κ1) is 14.5. The van der Waals surface area contributed by atoms with Crippen LogP contribution in [0.15, 0.2) is 77.9 Å². The standard InChI is InChI=1S/C17H16N2O2/c1-21-17(20)13-12-16(14-8-4-2-5-9-14)19-18-15-10-6-3-7-11-15/h2-13,18H,1H3. The van der Waals surface area contributed by atoms with Gasteiger partial charge in [0.05, 0.1) is 18.5 Å². The van der Waals surface area contributed by atoms with E-state index in [0.29, 0.717) is 5.71 Å². The van der Waals surface area contributed by atoms with E-state index in [1.807, 2.05) is 60.7 Å². The van der Waals surface area contributed by atoms with Gasteiger partial charge in [-0.1, -0.05) is 48.5 Å². The maximum Gasteiger partial charge on any atom is 0.330 e. The minimum atomic E-state index is -0.418. The van der Waals surface area contributed by atoms with Gasteiger partial charge in [-0.25, -0.2) is 4.79 Å². The Morgan fingerprint density at radius 2 is 1.62 bits per heavy atom. The van der Waals surface area contributed by atoms with E-state index in [0.717, 1.165) is 11.3 Å². The normalized spacial score (nSPS) is 11.4. The van der Waals surface area contributed by atoms with Crippen molar-refractivity contribution in [1.82, 2.24) is 0 Å². The highest BCUT2D eigenvalue weighted by atomic mass is 16.5. The van der Waals surface area contributed by atoms with Crippen LogP contribution in [0.4, 0.5) is 5.69 Å². The van der Waals surface area contributed by atoms with Crippen LogP contribution < -0.4 is 5.43 Å². The Hall–Kier alpha value is -2.88. The van der Waals surface area contributed by atoms with E-state index in [2.05, 4.69) is 15.3 Å². The number of esters is 1. The Kier molecular flexibility index (Phi) is 5.29. The van der Waals surface area contributed by atoms with E-state index >= 15 is 0 Å². The van der Waals surface area contributed by atoms with Gasteiger partial charge in [-0.3, -0.25) is 5.43 Å². The van der Waals surface area contributed by atoms with Crippen molar-refractivity contribution in [3.63, 3.8) is 0 Å². The van der Waals surface area contributed by atoms with Gasteiger partial charge in [-0.05, 0) is 18.2 Å². The van der Waals surface area contributed by atoms with Gasteiger partial charge in [-0.15, -0.1) is 0 Å². The van der Waals surface area contributed by atoms with Crippen LogP contribution in [-0.2, 0) is 9.53 Å². The lowest BCUT2D eigenvalue weighted by Crippen LogP contribution is -2.03. The molecule has 1 N–H and O–H groups in total. The van der Waals surface area contributed by atoms with Crippen molar-refractivity contribution in [3.8, 4) is 0 Å². The summed E-state index contributed by atoms with van der Waals surface area (Å²) in [4.78, 5) is 11.2. The molecule has 0 heterocycles. The molecule has 0 unspecified atom stereocenters. The number of ether oxygens (including phenoxy) is 1. The Labute approximate surface area is 123 Å². The predicted molar refractivity (Wildman–Crippen MR) is 84.2 cm³/mol. The van der Waals surface area contributed by atoms with Crippen molar-refractivity contribution >= 4 is 17.4 Å². The van der Waals surface area contributed by atoms with E-state index in [4.69, 9.17) is 0 Å². The number of para-hydroxylation sites is 1. The third-order valence-electron chi connectivity index (χ3n) is 2.73. The fraction of sp³-hybridized carbons (Fsp3) is 0.0588. The summed E-state index contributed by atoms with van der Waals surface area (Å²) in [6.45, 7) is 0. The lowest BCUT2D eigenvalue weighted by molar-refractivity contribution is -0.134. The number of anilines is 1. The molecule has 4 nitrogen and oxygen atoms in total. The number of nitrogens with zero attached hydrogens (tertiary/aromatic N) is 1. The second-order valence-corrected chi connectivity index (χ2v) is 4.20. The van der Waals surface area contributed by atoms with E-state index < -0.39 is 5.97 Å². The highest BCUT2D eigenvalue weighted by Crippen LogP contribution is 2.07. The average molecular weight is 280 g/mol. The predicted octanol–water partition coefficient (Wildman–Crippen LogP) is 3.23. The molecule has 21 heavy (non-hydrogen) atoms. The molecule has 2 rings (SSSR count). The number of nitrogens with one attached hydrogen (secondary N) is 1. The van der Waals surface area contributed by atoms with Crippen LogP contribution in [-0.4, -0.2) is 18.8 Å². The molecule has 0 fully saturated rings. The molecule has 0 aliphatic heterocycles. The number of carbonyl (C=O) groups excluding carboxylic acids is 1. The van der Waals surface area contributed by atoms with Crippen molar-refractivity contribution in [1.29, 1.82) is 0 Å². The van der Waals surface area contributed by atoms with Crippen molar-refractivity contribution in [3.05, 3.63) is 78.4 Å². The molecule has 0 aliphatic rings. The zero-order valence-corrected chi connectivity index (χ0v) is 11.7. The SMILES string of the molecule is COC(=O)C=CC(=NNc1ccccc1)c1ccccc1. The van der Waals surface area contributed by atoms with Crippen LogP contribution in [0.2, 0.25) is 0 Å². The van der Waals surface area contributed by atoms with E-state index in [1.165, 1.54) is 13.2 Å². The Morgan fingerprint density at radius 1 is 1.00 bits per heavy atom. The quantitative estimate of drug-likeness (QED) is 0.396. The van der Waals surface area contributed by atoms with Gasteiger partial charge in [0.25, 0.3) is 0 Å². The number of hydrogen-bond donors (Lipinski definition) is 1. The van der Waals surface area contributed by atoms with Gasteiger partial charge in [0, 0.05) is 11.6 Å². The third-order valence-corrected chi connectivity index (χ3v) is 2.73. The van der Waals surface area contributed by atoms with Crippen LogP contribution >= 0.6 is 0 Å². The molecular weight excluding hydrogens is 264 g/mol. The molecule has 0 aliphatic carbocycles. The summed E-state index contributed by atoms with van der Waals surface area (Å²) in [5.41, 5.74) is 5.39.